The van der Waals surface area contributed by atoms with Crippen molar-refractivity contribution in [3.05, 3.63) is 23.5 Å². The molecule has 1 saturated heterocycles. The van der Waals surface area contributed by atoms with Gasteiger partial charge in [0.2, 0.25) is 5.91 Å². The van der Waals surface area contributed by atoms with Crippen molar-refractivity contribution in [3.63, 3.8) is 0 Å². The quantitative estimate of drug-likeness (QED) is 0.757. The number of ketones is 1. The SMILES string of the molecule is CCC(C)NC(=O)CN1CCN(C(=O)c2cc(C(C)=O)c[nH]2)CC1. The van der Waals surface area contributed by atoms with E-state index in [4.69, 9.17) is 0 Å². The Balaban J connectivity index is 1.82. The van der Waals surface area contributed by atoms with E-state index < -0.39 is 0 Å². The van der Waals surface area contributed by atoms with Gasteiger partial charge in [0.25, 0.3) is 5.91 Å². The fourth-order valence-electron chi connectivity index (χ4n) is 2.63. The van der Waals surface area contributed by atoms with E-state index in [9.17, 15) is 14.4 Å². The first-order valence-electron chi connectivity index (χ1n) is 8.41. The lowest BCUT2D eigenvalue weighted by Crippen LogP contribution is -2.51. The second-order valence-corrected chi connectivity index (χ2v) is 6.30. The molecule has 1 fully saturated rings. The molecule has 2 amide bonds. The molecule has 7 nitrogen and oxygen atoms in total. The van der Waals surface area contributed by atoms with E-state index in [1.54, 1.807) is 17.2 Å². The molecule has 1 aromatic heterocycles. The van der Waals surface area contributed by atoms with Gasteiger partial charge in [0.15, 0.2) is 5.78 Å². The predicted octanol–water partition coefficient (Wildman–Crippen LogP) is 0.890. The van der Waals surface area contributed by atoms with E-state index in [2.05, 4.69) is 15.2 Å². The number of hydrogen-bond acceptors (Lipinski definition) is 4. The number of nitrogens with zero attached hydrogens (tertiary/aromatic N) is 2. The zero-order valence-electron chi connectivity index (χ0n) is 14.6. The number of carbonyl (C=O) groups is 3. The Kier molecular flexibility index (Phi) is 6.14. The number of amides is 2. The summed E-state index contributed by atoms with van der Waals surface area (Å²) in [4.78, 5) is 42.3. The summed E-state index contributed by atoms with van der Waals surface area (Å²) in [6.45, 7) is 8.34. The van der Waals surface area contributed by atoms with Gasteiger partial charge in [-0.2, -0.15) is 0 Å². The lowest BCUT2D eigenvalue weighted by atomic mass is 10.2. The van der Waals surface area contributed by atoms with Crippen LogP contribution in [0.5, 0.6) is 0 Å². The molecule has 0 aliphatic carbocycles. The molecule has 2 N–H and O–H groups in total. The third-order valence-corrected chi connectivity index (χ3v) is 4.37. The maximum atomic E-state index is 12.4. The number of Topliss-reactive ketones (excluding diaryl/α,β-unsaturated/α-hetero) is 1. The molecule has 1 aliphatic rings. The molecule has 7 heteroatoms. The van der Waals surface area contributed by atoms with Gasteiger partial charge in [0.1, 0.15) is 5.69 Å². The summed E-state index contributed by atoms with van der Waals surface area (Å²) in [6.07, 6.45) is 2.47. The van der Waals surface area contributed by atoms with E-state index >= 15 is 0 Å². The third kappa shape index (κ3) is 4.67. The number of carbonyl (C=O) groups excluding carboxylic acids is 3. The molecule has 1 atom stereocenters. The van der Waals surface area contributed by atoms with Gasteiger partial charge < -0.3 is 15.2 Å². The summed E-state index contributed by atoms with van der Waals surface area (Å²) in [5, 5.41) is 2.95. The van der Waals surface area contributed by atoms with Crippen molar-refractivity contribution in [2.24, 2.45) is 0 Å². The second kappa shape index (κ2) is 8.10. The molecule has 24 heavy (non-hydrogen) atoms. The van der Waals surface area contributed by atoms with Crippen molar-refractivity contribution in [1.29, 1.82) is 0 Å². The minimum atomic E-state index is -0.105. The van der Waals surface area contributed by atoms with Gasteiger partial charge in [0, 0.05) is 44.0 Å². The minimum Gasteiger partial charge on any atom is -0.356 e. The van der Waals surface area contributed by atoms with Crippen molar-refractivity contribution < 1.29 is 14.4 Å². The lowest BCUT2D eigenvalue weighted by Gasteiger charge is -2.34. The topological polar surface area (TPSA) is 85.5 Å². The summed E-state index contributed by atoms with van der Waals surface area (Å²) in [6, 6.07) is 1.78. The van der Waals surface area contributed by atoms with Gasteiger partial charge in [-0.25, -0.2) is 0 Å². The Bertz CT molecular complexity index is 603. The fraction of sp³-hybridized carbons (Fsp3) is 0.588. The van der Waals surface area contributed by atoms with E-state index in [1.165, 1.54) is 6.92 Å². The first kappa shape index (κ1) is 18.2. The first-order chi connectivity index (χ1) is 11.4. The zero-order valence-corrected chi connectivity index (χ0v) is 14.6. The first-order valence-corrected chi connectivity index (χ1v) is 8.41. The van der Waals surface area contributed by atoms with Crippen LogP contribution in [0.15, 0.2) is 12.3 Å². The largest absolute Gasteiger partial charge is 0.356 e. The zero-order chi connectivity index (χ0) is 17.7. The Morgan fingerprint density at radius 1 is 1.25 bits per heavy atom. The van der Waals surface area contributed by atoms with E-state index in [-0.39, 0.29) is 23.6 Å². The number of nitrogens with one attached hydrogen (secondary N) is 2. The number of aromatic amines is 1. The van der Waals surface area contributed by atoms with Crippen molar-refractivity contribution in [2.45, 2.75) is 33.2 Å². The van der Waals surface area contributed by atoms with Gasteiger partial charge in [-0.3, -0.25) is 19.3 Å². The summed E-state index contributed by atoms with van der Waals surface area (Å²) in [5.41, 5.74) is 0.946. The molecular formula is C17H26N4O3. The Morgan fingerprint density at radius 3 is 2.46 bits per heavy atom. The highest BCUT2D eigenvalue weighted by molar-refractivity contribution is 5.99. The average molecular weight is 334 g/mol. The maximum absolute atomic E-state index is 12.4. The molecule has 2 heterocycles. The van der Waals surface area contributed by atoms with Crippen LogP contribution in [-0.4, -0.2) is 71.1 Å². The van der Waals surface area contributed by atoms with Gasteiger partial charge >= 0.3 is 0 Å². The molecular weight excluding hydrogens is 308 g/mol. The average Bonchev–Trinajstić information content (AvgIpc) is 3.05. The van der Waals surface area contributed by atoms with Crippen LogP contribution in [0, 0.1) is 0 Å². The van der Waals surface area contributed by atoms with Crippen LogP contribution in [0.1, 0.15) is 48.0 Å². The number of H-pyrrole nitrogens is 1. The monoisotopic (exact) mass is 334 g/mol. The van der Waals surface area contributed by atoms with Crippen LogP contribution < -0.4 is 5.32 Å². The van der Waals surface area contributed by atoms with Crippen LogP contribution in [0.25, 0.3) is 0 Å². The van der Waals surface area contributed by atoms with Crippen LogP contribution in [0.2, 0.25) is 0 Å². The molecule has 0 saturated carbocycles. The summed E-state index contributed by atoms with van der Waals surface area (Å²) >= 11 is 0. The molecule has 132 valence electrons. The molecule has 1 unspecified atom stereocenters. The van der Waals surface area contributed by atoms with E-state index in [0.29, 0.717) is 44.0 Å². The number of hydrogen-bond donors (Lipinski definition) is 2. The Hall–Kier alpha value is -2.15. The van der Waals surface area contributed by atoms with Crippen molar-refractivity contribution >= 4 is 17.6 Å². The summed E-state index contributed by atoms with van der Waals surface area (Å²) < 4.78 is 0. The Morgan fingerprint density at radius 2 is 1.92 bits per heavy atom. The minimum absolute atomic E-state index is 0.0274. The van der Waals surface area contributed by atoms with Gasteiger partial charge in [-0.05, 0) is 26.3 Å². The molecule has 0 radical (unpaired) electrons. The molecule has 1 aromatic rings. The normalized spacial score (nSPS) is 16.7. The molecule has 1 aliphatic heterocycles. The van der Waals surface area contributed by atoms with Crippen molar-refractivity contribution in [1.82, 2.24) is 20.1 Å². The van der Waals surface area contributed by atoms with Crippen LogP contribution in [0.4, 0.5) is 0 Å². The number of aromatic nitrogens is 1. The van der Waals surface area contributed by atoms with Crippen LogP contribution >= 0.6 is 0 Å². The Labute approximate surface area is 142 Å². The highest BCUT2D eigenvalue weighted by atomic mass is 16.2. The second-order valence-electron chi connectivity index (χ2n) is 6.30. The fourth-order valence-corrected chi connectivity index (χ4v) is 2.63. The lowest BCUT2D eigenvalue weighted by molar-refractivity contribution is -0.123. The van der Waals surface area contributed by atoms with E-state index in [1.807, 2.05) is 13.8 Å². The standard InChI is InChI=1S/C17H26N4O3/c1-4-12(2)19-16(23)11-20-5-7-21(8-6-20)17(24)15-9-14(10-18-15)13(3)22/h9-10,12,18H,4-8,11H2,1-3H3,(H,19,23). The van der Waals surface area contributed by atoms with Crippen LogP contribution in [0.3, 0.4) is 0 Å². The van der Waals surface area contributed by atoms with Gasteiger partial charge in [-0.15, -0.1) is 0 Å². The summed E-state index contributed by atoms with van der Waals surface area (Å²) in [5.74, 6) is -0.145. The molecule has 0 spiro atoms. The number of piperazine rings is 1. The molecule has 2 rings (SSSR count). The molecule has 0 aromatic carbocycles. The van der Waals surface area contributed by atoms with Gasteiger partial charge in [0.05, 0.1) is 6.54 Å². The maximum Gasteiger partial charge on any atom is 0.270 e. The van der Waals surface area contributed by atoms with Gasteiger partial charge in [-0.1, -0.05) is 6.92 Å². The smallest absolute Gasteiger partial charge is 0.270 e. The molecule has 0 bridgehead atoms. The van der Waals surface area contributed by atoms with Crippen LogP contribution in [-0.2, 0) is 4.79 Å². The summed E-state index contributed by atoms with van der Waals surface area (Å²) in [7, 11) is 0. The number of rotatable bonds is 6. The van der Waals surface area contributed by atoms with E-state index in [0.717, 1.165) is 6.42 Å². The third-order valence-electron chi connectivity index (χ3n) is 4.37. The highest BCUT2D eigenvalue weighted by Crippen LogP contribution is 2.10. The predicted molar refractivity (Wildman–Crippen MR) is 91.0 cm³/mol. The highest BCUT2D eigenvalue weighted by Gasteiger charge is 2.24. The van der Waals surface area contributed by atoms with Crippen molar-refractivity contribution in [2.75, 3.05) is 32.7 Å². The van der Waals surface area contributed by atoms with Crippen molar-refractivity contribution in [3.8, 4) is 0 Å².